The summed E-state index contributed by atoms with van der Waals surface area (Å²) in [6.07, 6.45) is 1.53. The highest BCUT2D eigenvalue weighted by molar-refractivity contribution is 7.92. The number of benzene rings is 1. The second-order valence-electron chi connectivity index (χ2n) is 4.23. The largest absolute Gasteiger partial charge is 0.314 e. The normalized spacial score (nSPS) is 16.6. The highest BCUT2D eigenvalue weighted by Gasteiger charge is 2.20. The van der Waals surface area contributed by atoms with Crippen molar-refractivity contribution in [3.8, 4) is 6.07 Å². The van der Waals surface area contributed by atoms with E-state index in [-0.39, 0.29) is 12.4 Å². The van der Waals surface area contributed by atoms with E-state index in [0.29, 0.717) is 37.3 Å². The molecule has 20 heavy (non-hydrogen) atoms. The summed E-state index contributed by atoms with van der Waals surface area (Å²) in [6, 6.07) is 8.87. The fraction of sp³-hybridized carbons (Fsp3) is 0.308. The molecule has 108 valence electrons. The number of rotatable bonds is 3. The van der Waals surface area contributed by atoms with Crippen LogP contribution in [0.1, 0.15) is 11.1 Å². The fourth-order valence-corrected chi connectivity index (χ4v) is 3.05. The van der Waals surface area contributed by atoms with E-state index in [0.717, 1.165) is 0 Å². The molecule has 0 radical (unpaired) electrons. The molecule has 5 nitrogen and oxygen atoms in total. The van der Waals surface area contributed by atoms with E-state index in [1.54, 1.807) is 24.3 Å². The minimum Gasteiger partial charge on any atom is -0.314 e. The third-order valence-corrected chi connectivity index (χ3v) is 4.45. The average molecular weight is 314 g/mol. The van der Waals surface area contributed by atoms with Crippen molar-refractivity contribution >= 4 is 28.5 Å². The summed E-state index contributed by atoms with van der Waals surface area (Å²) in [7, 11) is -3.37. The molecule has 1 aliphatic rings. The predicted octanol–water partition coefficient (Wildman–Crippen LogP) is 1.19. The number of piperazine rings is 1. The van der Waals surface area contributed by atoms with Crippen LogP contribution in [0.25, 0.3) is 6.08 Å². The Balaban J connectivity index is 0.00000200. The van der Waals surface area contributed by atoms with E-state index in [2.05, 4.69) is 5.32 Å². The highest BCUT2D eigenvalue weighted by Crippen LogP contribution is 2.10. The van der Waals surface area contributed by atoms with E-state index in [4.69, 9.17) is 5.26 Å². The SMILES string of the molecule is Cl.N#Cc1cccc(/C=C/S(=O)(=O)N2CCNCC2)c1. The van der Waals surface area contributed by atoms with Gasteiger partial charge in [0, 0.05) is 31.6 Å². The van der Waals surface area contributed by atoms with Gasteiger partial charge in [-0.2, -0.15) is 9.57 Å². The van der Waals surface area contributed by atoms with Crippen LogP contribution in [0, 0.1) is 11.3 Å². The van der Waals surface area contributed by atoms with Crippen LogP contribution in [-0.4, -0.2) is 38.9 Å². The lowest BCUT2D eigenvalue weighted by atomic mass is 10.1. The Morgan fingerprint density at radius 1 is 1.30 bits per heavy atom. The molecule has 1 fully saturated rings. The Hall–Kier alpha value is -1.39. The van der Waals surface area contributed by atoms with Crippen LogP contribution in [-0.2, 0) is 10.0 Å². The van der Waals surface area contributed by atoms with Crippen LogP contribution in [0.15, 0.2) is 29.7 Å². The molecule has 0 aliphatic carbocycles. The molecular formula is C13H16ClN3O2S. The van der Waals surface area contributed by atoms with Gasteiger partial charge in [-0.05, 0) is 23.8 Å². The first-order valence-electron chi connectivity index (χ1n) is 6.01. The lowest BCUT2D eigenvalue weighted by Crippen LogP contribution is -2.45. The second-order valence-corrected chi connectivity index (χ2v) is 6.05. The Morgan fingerprint density at radius 3 is 2.65 bits per heavy atom. The van der Waals surface area contributed by atoms with Gasteiger partial charge in [-0.15, -0.1) is 12.4 Å². The molecule has 0 saturated carbocycles. The molecule has 7 heteroatoms. The molecule has 0 aromatic heterocycles. The molecule has 0 spiro atoms. The lowest BCUT2D eigenvalue weighted by molar-refractivity contribution is 0.364. The Labute approximate surface area is 125 Å². The van der Waals surface area contributed by atoms with E-state index < -0.39 is 10.0 Å². The molecule has 0 amide bonds. The molecule has 1 aromatic carbocycles. The number of hydrogen-bond acceptors (Lipinski definition) is 4. The monoisotopic (exact) mass is 313 g/mol. The summed E-state index contributed by atoms with van der Waals surface area (Å²) in [5, 5.41) is 13.1. The molecule has 1 aliphatic heterocycles. The Bertz CT molecular complexity index is 617. The molecule has 0 unspecified atom stereocenters. The summed E-state index contributed by atoms with van der Waals surface area (Å²) in [5.74, 6) is 0. The van der Waals surface area contributed by atoms with Gasteiger partial charge in [-0.3, -0.25) is 0 Å². The van der Waals surface area contributed by atoms with E-state index in [1.165, 1.54) is 15.8 Å². The molecule has 0 bridgehead atoms. The maximum Gasteiger partial charge on any atom is 0.236 e. The first kappa shape index (κ1) is 16.7. The average Bonchev–Trinajstić information content (AvgIpc) is 2.46. The standard InChI is InChI=1S/C13H15N3O2S.ClH/c14-11-13-3-1-2-12(10-13)4-9-19(17,18)16-7-5-15-6-8-16;/h1-4,9-10,15H,5-8H2;1H/b9-4+;. The van der Waals surface area contributed by atoms with Gasteiger partial charge in [0.1, 0.15) is 0 Å². The lowest BCUT2D eigenvalue weighted by Gasteiger charge is -2.25. The van der Waals surface area contributed by atoms with Gasteiger partial charge in [0.05, 0.1) is 11.6 Å². The molecule has 1 saturated heterocycles. The van der Waals surface area contributed by atoms with Crippen molar-refractivity contribution in [1.29, 1.82) is 5.26 Å². The summed E-state index contributed by atoms with van der Waals surface area (Å²) in [4.78, 5) is 0. The van der Waals surface area contributed by atoms with Crippen LogP contribution in [0.3, 0.4) is 0 Å². The van der Waals surface area contributed by atoms with Crippen LogP contribution in [0.2, 0.25) is 0 Å². The van der Waals surface area contributed by atoms with E-state index in [9.17, 15) is 8.42 Å². The number of halogens is 1. The van der Waals surface area contributed by atoms with Gasteiger partial charge in [-0.25, -0.2) is 8.42 Å². The van der Waals surface area contributed by atoms with Crippen LogP contribution >= 0.6 is 12.4 Å². The van der Waals surface area contributed by atoms with Gasteiger partial charge in [-0.1, -0.05) is 12.1 Å². The number of hydrogen-bond donors (Lipinski definition) is 1. The van der Waals surface area contributed by atoms with Crippen LogP contribution < -0.4 is 5.32 Å². The maximum absolute atomic E-state index is 12.1. The van der Waals surface area contributed by atoms with Crippen LogP contribution in [0.4, 0.5) is 0 Å². The van der Waals surface area contributed by atoms with Crippen molar-refractivity contribution in [2.75, 3.05) is 26.2 Å². The summed E-state index contributed by atoms with van der Waals surface area (Å²) < 4.78 is 25.6. The van der Waals surface area contributed by atoms with Crippen molar-refractivity contribution in [3.05, 3.63) is 40.8 Å². The summed E-state index contributed by atoms with van der Waals surface area (Å²) >= 11 is 0. The first-order valence-corrected chi connectivity index (χ1v) is 7.51. The predicted molar refractivity (Wildman–Crippen MR) is 80.8 cm³/mol. The first-order chi connectivity index (χ1) is 9.12. The Morgan fingerprint density at radius 2 is 2.00 bits per heavy atom. The van der Waals surface area contributed by atoms with Crippen molar-refractivity contribution < 1.29 is 8.42 Å². The van der Waals surface area contributed by atoms with Gasteiger partial charge >= 0.3 is 0 Å². The topological polar surface area (TPSA) is 73.2 Å². The maximum atomic E-state index is 12.1. The quantitative estimate of drug-likeness (QED) is 0.909. The van der Waals surface area contributed by atoms with Gasteiger partial charge in [0.2, 0.25) is 10.0 Å². The minimum atomic E-state index is -3.37. The zero-order valence-corrected chi connectivity index (χ0v) is 12.5. The molecule has 0 atom stereocenters. The highest BCUT2D eigenvalue weighted by atomic mass is 35.5. The van der Waals surface area contributed by atoms with Crippen molar-refractivity contribution in [3.63, 3.8) is 0 Å². The van der Waals surface area contributed by atoms with E-state index in [1.807, 2.05) is 6.07 Å². The zero-order valence-electron chi connectivity index (χ0n) is 10.8. The van der Waals surface area contributed by atoms with Gasteiger partial charge in [0.25, 0.3) is 0 Å². The smallest absolute Gasteiger partial charge is 0.236 e. The minimum absolute atomic E-state index is 0. The molecule has 2 rings (SSSR count). The second kappa shape index (κ2) is 7.41. The number of nitrogens with zero attached hydrogens (tertiary/aromatic N) is 2. The van der Waals surface area contributed by atoms with Crippen LogP contribution in [0.5, 0.6) is 0 Å². The number of sulfonamides is 1. The van der Waals surface area contributed by atoms with Crippen molar-refractivity contribution in [1.82, 2.24) is 9.62 Å². The molecule has 1 N–H and O–H groups in total. The van der Waals surface area contributed by atoms with Crippen molar-refractivity contribution in [2.45, 2.75) is 0 Å². The molecule has 1 aromatic rings. The third kappa shape index (κ3) is 4.32. The third-order valence-electron chi connectivity index (χ3n) is 2.88. The summed E-state index contributed by atoms with van der Waals surface area (Å²) in [5.41, 5.74) is 1.22. The fourth-order valence-electron chi connectivity index (χ4n) is 1.86. The summed E-state index contributed by atoms with van der Waals surface area (Å²) in [6.45, 7) is 2.34. The number of nitriles is 1. The molecule has 1 heterocycles. The number of nitrogens with one attached hydrogen (secondary N) is 1. The van der Waals surface area contributed by atoms with Crippen molar-refractivity contribution in [2.24, 2.45) is 0 Å². The Kier molecular flexibility index (Phi) is 6.17. The van der Waals surface area contributed by atoms with Gasteiger partial charge in [0.15, 0.2) is 0 Å². The van der Waals surface area contributed by atoms with Gasteiger partial charge < -0.3 is 5.32 Å². The zero-order chi connectivity index (χ0) is 13.7. The van der Waals surface area contributed by atoms with E-state index >= 15 is 0 Å². The molecular weight excluding hydrogens is 298 g/mol.